The molecular formula is C20H23IN4. The molecule has 2 aromatic rings. The van der Waals surface area contributed by atoms with Crippen molar-refractivity contribution < 1.29 is 0 Å². The summed E-state index contributed by atoms with van der Waals surface area (Å²) < 4.78 is 0. The van der Waals surface area contributed by atoms with Crippen LogP contribution in [0.5, 0.6) is 0 Å². The van der Waals surface area contributed by atoms with E-state index in [1.165, 1.54) is 5.69 Å². The van der Waals surface area contributed by atoms with Crippen molar-refractivity contribution in [3.63, 3.8) is 0 Å². The molecule has 0 aliphatic carbocycles. The van der Waals surface area contributed by atoms with Gasteiger partial charge in [0, 0.05) is 25.0 Å². The topological polar surface area (TPSA) is 42.3 Å². The van der Waals surface area contributed by atoms with E-state index in [1.807, 2.05) is 48.7 Å². The Bertz CT molecular complexity index is 767. The van der Waals surface area contributed by atoms with Gasteiger partial charge in [-0.1, -0.05) is 18.2 Å². The van der Waals surface area contributed by atoms with Gasteiger partial charge in [0.25, 0.3) is 0 Å². The summed E-state index contributed by atoms with van der Waals surface area (Å²) in [5, 5.41) is 12.5. The first-order chi connectivity index (χ1) is 11.8. The Kier molecular flexibility index (Phi) is 6.71. The molecule has 0 spiro atoms. The van der Waals surface area contributed by atoms with Crippen molar-refractivity contribution in [1.29, 1.82) is 5.26 Å². The molecule has 0 aromatic heterocycles. The molecule has 0 radical (unpaired) electrons. The van der Waals surface area contributed by atoms with Crippen LogP contribution in [0.25, 0.3) is 0 Å². The zero-order valence-corrected chi connectivity index (χ0v) is 16.8. The van der Waals surface area contributed by atoms with Crippen molar-refractivity contribution in [2.75, 3.05) is 28.2 Å². The first kappa shape index (κ1) is 19.1. The van der Waals surface area contributed by atoms with Crippen LogP contribution in [0, 0.1) is 11.3 Å². The lowest BCUT2D eigenvalue weighted by molar-refractivity contribution is 0.693. The number of hydrogen-bond donors (Lipinski definition) is 1. The fraction of sp³-hybridized carbons (Fsp3) is 0.250. The third kappa shape index (κ3) is 3.90. The van der Waals surface area contributed by atoms with Gasteiger partial charge in [-0.3, -0.25) is 0 Å². The molecule has 3 rings (SSSR count). The first-order valence-corrected chi connectivity index (χ1v) is 8.34. The fourth-order valence-electron chi connectivity index (χ4n) is 3.21. The Morgan fingerprint density at radius 3 is 2.36 bits per heavy atom. The normalized spacial score (nSPS) is 15.6. The number of nitrogens with zero attached hydrogens (tertiary/aromatic N) is 3. The monoisotopic (exact) mass is 446 g/mol. The number of nitrogens with one attached hydrogen (secondary N) is 1. The van der Waals surface area contributed by atoms with E-state index in [2.05, 4.69) is 47.2 Å². The molecule has 0 saturated heterocycles. The van der Waals surface area contributed by atoms with E-state index in [1.54, 1.807) is 0 Å². The van der Waals surface area contributed by atoms with Crippen molar-refractivity contribution >= 4 is 41.0 Å². The van der Waals surface area contributed by atoms with Gasteiger partial charge in [-0.15, -0.1) is 24.0 Å². The van der Waals surface area contributed by atoms with Crippen LogP contribution in [0.4, 0.5) is 17.1 Å². The van der Waals surface area contributed by atoms with E-state index in [4.69, 9.17) is 0 Å². The van der Waals surface area contributed by atoms with Crippen LogP contribution in [0.15, 0.2) is 60.8 Å². The van der Waals surface area contributed by atoms with Gasteiger partial charge in [-0.25, -0.2) is 0 Å². The van der Waals surface area contributed by atoms with E-state index in [0.29, 0.717) is 5.56 Å². The Hall–Kier alpha value is -2.20. The van der Waals surface area contributed by atoms with Crippen molar-refractivity contribution in [1.82, 2.24) is 0 Å². The van der Waals surface area contributed by atoms with E-state index in [0.717, 1.165) is 24.5 Å². The second-order valence-electron chi connectivity index (χ2n) is 5.67. The molecule has 1 unspecified atom stereocenters. The molecule has 1 aliphatic rings. The number of benzene rings is 2. The Morgan fingerprint density at radius 2 is 1.72 bits per heavy atom. The van der Waals surface area contributed by atoms with Crippen LogP contribution >= 0.6 is 24.0 Å². The van der Waals surface area contributed by atoms with Crippen molar-refractivity contribution in [3.05, 3.63) is 66.4 Å². The quantitative estimate of drug-likeness (QED) is 0.671. The van der Waals surface area contributed by atoms with Gasteiger partial charge < -0.3 is 15.1 Å². The number of fused-ring (bicyclic) bond motifs is 1. The van der Waals surface area contributed by atoms with Crippen LogP contribution in [0.1, 0.15) is 19.4 Å². The molecule has 0 saturated carbocycles. The molecule has 4 nitrogen and oxygen atoms in total. The van der Waals surface area contributed by atoms with Gasteiger partial charge in [0.2, 0.25) is 0 Å². The number of anilines is 3. The SMILES string of the molecule is CCN1c2ccc(C#N)cc2N(CC)C1/C=C/Nc1ccccc1.I. The summed E-state index contributed by atoms with van der Waals surface area (Å²) in [6.45, 7) is 6.11. The molecule has 0 fully saturated rings. The summed E-state index contributed by atoms with van der Waals surface area (Å²) in [6, 6.07) is 18.3. The molecule has 2 aromatic carbocycles. The molecule has 1 aliphatic heterocycles. The Balaban J connectivity index is 0.00000225. The lowest BCUT2D eigenvalue weighted by atomic mass is 10.2. The number of halogens is 1. The molecule has 25 heavy (non-hydrogen) atoms. The zero-order valence-electron chi connectivity index (χ0n) is 14.5. The van der Waals surface area contributed by atoms with Gasteiger partial charge in [0.1, 0.15) is 6.17 Å². The minimum Gasteiger partial charge on any atom is -0.362 e. The highest BCUT2D eigenvalue weighted by molar-refractivity contribution is 14.0. The highest BCUT2D eigenvalue weighted by Crippen LogP contribution is 2.40. The van der Waals surface area contributed by atoms with E-state index >= 15 is 0 Å². The molecular weight excluding hydrogens is 423 g/mol. The predicted molar refractivity (Wildman–Crippen MR) is 116 cm³/mol. The second kappa shape index (κ2) is 8.77. The molecule has 130 valence electrons. The summed E-state index contributed by atoms with van der Waals surface area (Å²) in [5.41, 5.74) is 4.10. The number of rotatable bonds is 5. The molecule has 1 atom stereocenters. The number of hydrogen-bond acceptors (Lipinski definition) is 4. The second-order valence-corrected chi connectivity index (χ2v) is 5.67. The maximum absolute atomic E-state index is 9.18. The van der Waals surface area contributed by atoms with E-state index in [-0.39, 0.29) is 30.1 Å². The Morgan fingerprint density at radius 1 is 1.04 bits per heavy atom. The largest absolute Gasteiger partial charge is 0.362 e. The summed E-state index contributed by atoms with van der Waals surface area (Å²) >= 11 is 0. The number of nitriles is 1. The van der Waals surface area contributed by atoms with E-state index in [9.17, 15) is 5.26 Å². The van der Waals surface area contributed by atoms with Crippen molar-refractivity contribution in [3.8, 4) is 6.07 Å². The summed E-state index contributed by atoms with van der Waals surface area (Å²) in [4.78, 5) is 4.67. The third-order valence-corrected chi connectivity index (χ3v) is 4.34. The Labute approximate surface area is 166 Å². The summed E-state index contributed by atoms with van der Waals surface area (Å²) in [7, 11) is 0. The van der Waals surface area contributed by atoms with E-state index < -0.39 is 0 Å². The molecule has 1 heterocycles. The van der Waals surface area contributed by atoms with Crippen LogP contribution < -0.4 is 15.1 Å². The smallest absolute Gasteiger partial charge is 0.123 e. The lowest BCUT2D eigenvalue weighted by Crippen LogP contribution is -2.41. The average molecular weight is 446 g/mol. The first-order valence-electron chi connectivity index (χ1n) is 8.34. The number of para-hydroxylation sites is 1. The minimum atomic E-state index is 0. The summed E-state index contributed by atoms with van der Waals surface area (Å²) in [6.07, 6.45) is 4.33. The minimum absolute atomic E-state index is 0. The zero-order chi connectivity index (χ0) is 16.9. The van der Waals surface area contributed by atoms with Crippen molar-refractivity contribution in [2.45, 2.75) is 20.0 Å². The fourth-order valence-corrected chi connectivity index (χ4v) is 3.21. The maximum atomic E-state index is 9.18. The highest BCUT2D eigenvalue weighted by atomic mass is 127. The van der Waals surface area contributed by atoms with Gasteiger partial charge >= 0.3 is 0 Å². The van der Waals surface area contributed by atoms with Gasteiger partial charge in [0.15, 0.2) is 0 Å². The van der Waals surface area contributed by atoms with Gasteiger partial charge in [-0.05, 0) is 50.3 Å². The lowest BCUT2D eigenvalue weighted by Gasteiger charge is -2.29. The molecule has 0 bridgehead atoms. The maximum Gasteiger partial charge on any atom is 0.123 e. The van der Waals surface area contributed by atoms with Gasteiger partial charge in [0.05, 0.1) is 23.0 Å². The molecule has 1 N–H and O–H groups in total. The standard InChI is InChI=1S/C20H22N4.HI/c1-3-23-18-11-10-16(15-21)14-19(18)24(4-2)20(23)12-13-22-17-8-6-5-7-9-17;/h5-14,20,22H,3-4H2,1-2H3;1H/b13-12+;. The molecule has 5 heteroatoms. The van der Waals surface area contributed by atoms with Crippen LogP contribution in [0.2, 0.25) is 0 Å². The molecule has 0 amide bonds. The van der Waals surface area contributed by atoms with Crippen LogP contribution in [0.3, 0.4) is 0 Å². The van der Waals surface area contributed by atoms with Crippen LogP contribution in [-0.2, 0) is 0 Å². The van der Waals surface area contributed by atoms with Gasteiger partial charge in [-0.2, -0.15) is 5.26 Å². The number of likely N-dealkylation sites (N-methyl/N-ethyl adjacent to an activating group) is 2. The third-order valence-electron chi connectivity index (χ3n) is 4.34. The van der Waals surface area contributed by atoms with Crippen LogP contribution in [-0.4, -0.2) is 19.3 Å². The predicted octanol–water partition coefficient (Wildman–Crippen LogP) is 4.79. The highest BCUT2D eigenvalue weighted by Gasteiger charge is 2.32. The summed E-state index contributed by atoms with van der Waals surface area (Å²) in [5.74, 6) is 0. The average Bonchev–Trinajstić information content (AvgIpc) is 2.94. The van der Waals surface area contributed by atoms with Crippen molar-refractivity contribution in [2.24, 2.45) is 0 Å².